The monoisotopic (exact) mass is 415 g/mol. The molecule has 142 valence electrons. The Morgan fingerprint density at radius 3 is 2.68 bits per heavy atom. The molecular weight excluding hydrogens is 401 g/mol. The Bertz CT molecular complexity index is 1060. The van der Waals surface area contributed by atoms with E-state index >= 15 is 0 Å². The Morgan fingerprint density at radius 2 is 1.82 bits per heavy atom. The average Bonchev–Trinajstić information content (AvgIpc) is 3.17. The Morgan fingerprint density at radius 1 is 1.00 bits per heavy atom. The molecule has 0 aliphatic carbocycles. The predicted molar refractivity (Wildman–Crippen MR) is 109 cm³/mol. The van der Waals surface area contributed by atoms with Gasteiger partial charge in [0.15, 0.2) is 11.5 Å². The number of halogens is 2. The third kappa shape index (κ3) is 4.01. The van der Waals surface area contributed by atoms with Crippen molar-refractivity contribution in [3.05, 3.63) is 70.4 Å². The van der Waals surface area contributed by atoms with Crippen molar-refractivity contribution in [2.75, 3.05) is 18.5 Å². The zero-order valence-corrected chi connectivity index (χ0v) is 16.1. The zero-order valence-electron chi connectivity index (χ0n) is 14.6. The molecular formula is C21H15Cl2NO4. The highest BCUT2D eigenvalue weighted by Crippen LogP contribution is 2.35. The SMILES string of the molecule is O=C(C=Cc1ccc(-c2cccc(Cl)c2Cl)o1)Nc1ccc2c(c1)OCCO2. The van der Waals surface area contributed by atoms with Crippen LogP contribution in [0.5, 0.6) is 11.5 Å². The molecule has 0 radical (unpaired) electrons. The minimum atomic E-state index is -0.296. The minimum absolute atomic E-state index is 0.296. The van der Waals surface area contributed by atoms with E-state index in [1.54, 1.807) is 48.5 Å². The molecule has 0 atom stereocenters. The number of hydrogen-bond acceptors (Lipinski definition) is 4. The summed E-state index contributed by atoms with van der Waals surface area (Å²) in [4.78, 5) is 12.2. The Balaban J connectivity index is 1.44. The maximum absolute atomic E-state index is 12.2. The van der Waals surface area contributed by atoms with Crippen molar-refractivity contribution in [1.82, 2.24) is 0 Å². The Kier molecular flexibility index (Phi) is 5.28. The van der Waals surface area contributed by atoms with Gasteiger partial charge in [0.1, 0.15) is 24.7 Å². The van der Waals surface area contributed by atoms with Crippen LogP contribution < -0.4 is 14.8 Å². The Hall–Kier alpha value is -2.89. The van der Waals surface area contributed by atoms with Crippen molar-refractivity contribution in [2.45, 2.75) is 0 Å². The number of furan rings is 1. The molecule has 1 aliphatic heterocycles. The van der Waals surface area contributed by atoms with Gasteiger partial charge in [-0.25, -0.2) is 0 Å². The number of nitrogens with one attached hydrogen (secondary N) is 1. The maximum Gasteiger partial charge on any atom is 0.248 e. The third-order valence-electron chi connectivity index (χ3n) is 4.05. The molecule has 0 unspecified atom stereocenters. The van der Waals surface area contributed by atoms with E-state index in [1.165, 1.54) is 6.08 Å². The fraction of sp³-hybridized carbons (Fsp3) is 0.0952. The molecule has 1 N–H and O–H groups in total. The van der Waals surface area contributed by atoms with Gasteiger partial charge in [-0.2, -0.15) is 0 Å². The van der Waals surface area contributed by atoms with Crippen LogP contribution in [-0.2, 0) is 4.79 Å². The lowest BCUT2D eigenvalue weighted by molar-refractivity contribution is -0.111. The number of anilines is 1. The Labute approximate surface area is 171 Å². The highest BCUT2D eigenvalue weighted by atomic mass is 35.5. The molecule has 28 heavy (non-hydrogen) atoms. The van der Waals surface area contributed by atoms with E-state index in [2.05, 4.69) is 5.32 Å². The molecule has 3 aromatic rings. The summed E-state index contributed by atoms with van der Waals surface area (Å²) in [5, 5.41) is 3.65. The summed E-state index contributed by atoms with van der Waals surface area (Å²) in [6, 6.07) is 14.1. The van der Waals surface area contributed by atoms with E-state index < -0.39 is 0 Å². The number of fused-ring (bicyclic) bond motifs is 1. The first-order valence-corrected chi connectivity index (χ1v) is 9.29. The van der Waals surface area contributed by atoms with E-state index in [9.17, 15) is 4.79 Å². The number of ether oxygens (including phenoxy) is 2. The van der Waals surface area contributed by atoms with Crippen LogP contribution in [0.4, 0.5) is 5.69 Å². The number of rotatable bonds is 4. The van der Waals surface area contributed by atoms with Gasteiger partial charge in [-0.05, 0) is 42.5 Å². The highest BCUT2D eigenvalue weighted by molar-refractivity contribution is 6.43. The number of amides is 1. The normalized spacial score (nSPS) is 12.9. The van der Waals surface area contributed by atoms with Gasteiger partial charge in [0.25, 0.3) is 0 Å². The predicted octanol–water partition coefficient (Wildman–Crippen LogP) is 5.68. The van der Waals surface area contributed by atoms with Crippen LogP contribution in [0.25, 0.3) is 17.4 Å². The van der Waals surface area contributed by atoms with E-state index in [-0.39, 0.29) is 5.91 Å². The van der Waals surface area contributed by atoms with Gasteiger partial charge in [-0.1, -0.05) is 29.3 Å². The van der Waals surface area contributed by atoms with Gasteiger partial charge in [0.2, 0.25) is 5.91 Å². The van der Waals surface area contributed by atoms with Crippen LogP contribution in [0, 0.1) is 0 Å². The molecule has 0 bridgehead atoms. The molecule has 0 spiro atoms. The molecule has 2 heterocycles. The molecule has 5 nitrogen and oxygen atoms in total. The van der Waals surface area contributed by atoms with Crippen molar-refractivity contribution < 1.29 is 18.7 Å². The molecule has 1 amide bonds. The fourth-order valence-electron chi connectivity index (χ4n) is 2.74. The van der Waals surface area contributed by atoms with Gasteiger partial charge in [0.05, 0.1) is 10.0 Å². The van der Waals surface area contributed by atoms with Crippen molar-refractivity contribution in [2.24, 2.45) is 0 Å². The van der Waals surface area contributed by atoms with Gasteiger partial charge in [-0.15, -0.1) is 0 Å². The summed E-state index contributed by atoms with van der Waals surface area (Å²) < 4.78 is 16.7. The maximum atomic E-state index is 12.2. The first-order valence-electron chi connectivity index (χ1n) is 8.53. The summed E-state index contributed by atoms with van der Waals surface area (Å²) >= 11 is 12.2. The van der Waals surface area contributed by atoms with Gasteiger partial charge >= 0.3 is 0 Å². The van der Waals surface area contributed by atoms with Gasteiger partial charge in [0, 0.05) is 23.4 Å². The lowest BCUT2D eigenvalue weighted by Gasteiger charge is -2.18. The summed E-state index contributed by atoms with van der Waals surface area (Å²) in [7, 11) is 0. The van der Waals surface area contributed by atoms with E-state index in [0.29, 0.717) is 57.5 Å². The lowest BCUT2D eigenvalue weighted by atomic mass is 10.2. The summed E-state index contributed by atoms with van der Waals surface area (Å²) in [6.45, 7) is 1.01. The topological polar surface area (TPSA) is 60.7 Å². The van der Waals surface area contributed by atoms with Crippen LogP contribution in [0.15, 0.2) is 59.0 Å². The van der Waals surface area contributed by atoms with Crippen molar-refractivity contribution >= 4 is 40.9 Å². The second-order valence-electron chi connectivity index (χ2n) is 5.98. The van der Waals surface area contributed by atoms with Gasteiger partial charge < -0.3 is 19.2 Å². The second-order valence-corrected chi connectivity index (χ2v) is 6.77. The molecule has 4 rings (SSSR count). The van der Waals surface area contributed by atoms with Crippen LogP contribution in [0.1, 0.15) is 5.76 Å². The van der Waals surface area contributed by atoms with E-state index in [1.807, 2.05) is 6.07 Å². The molecule has 0 fully saturated rings. The number of carbonyl (C=O) groups is 1. The first-order chi connectivity index (χ1) is 13.6. The molecule has 0 saturated carbocycles. The standard InChI is InChI=1S/C21H15Cl2NO4/c22-16-3-1-2-15(21(16)23)17-8-5-14(28-17)6-9-20(25)24-13-4-7-18-19(12-13)27-11-10-26-18/h1-9,12H,10-11H2,(H,24,25). The molecule has 2 aromatic carbocycles. The summed E-state index contributed by atoms with van der Waals surface area (Å²) in [6.07, 6.45) is 2.97. The largest absolute Gasteiger partial charge is 0.486 e. The number of carbonyl (C=O) groups excluding carboxylic acids is 1. The van der Waals surface area contributed by atoms with Crippen LogP contribution in [0.3, 0.4) is 0 Å². The second kappa shape index (κ2) is 8.00. The molecule has 1 aromatic heterocycles. The zero-order chi connectivity index (χ0) is 19.5. The summed E-state index contributed by atoms with van der Waals surface area (Å²) in [5.74, 6) is 2.07. The quantitative estimate of drug-likeness (QED) is 0.557. The van der Waals surface area contributed by atoms with Crippen LogP contribution in [-0.4, -0.2) is 19.1 Å². The van der Waals surface area contributed by atoms with Crippen molar-refractivity contribution in [1.29, 1.82) is 0 Å². The minimum Gasteiger partial charge on any atom is -0.486 e. The molecule has 1 aliphatic rings. The average molecular weight is 416 g/mol. The molecule has 0 saturated heterocycles. The van der Waals surface area contributed by atoms with Crippen LogP contribution >= 0.6 is 23.2 Å². The number of benzene rings is 2. The van der Waals surface area contributed by atoms with E-state index in [4.69, 9.17) is 37.1 Å². The fourth-order valence-corrected chi connectivity index (χ4v) is 3.14. The lowest BCUT2D eigenvalue weighted by Crippen LogP contribution is -2.16. The van der Waals surface area contributed by atoms with Crippen LogP contribution in [0.2, 0.25) is 10.0 Å². The van der Waals surface area contributed by atoms with Gasteiger partial charge in [-0.3, -0.25) is 4.79 Å². The number of hydrogen-bond donors (Lipinski definition) is 1. The van der Waals surface area contributed by atoms with Crippen molar-refractivity contribution in [3.8, 4) is 22.8 Å². The first kappa shape index (κ1) is 18.5. The van der Waals surface area contributed by atoms with Crippen molar-refractivity contribution in [3.63, 3.8) is 0 Å². The highest BCUT2D eigenvalue weighted by Gasteiger charge is 2.13. The summed E-state index contributed by atoms with van der Waals surface area (Å²) in [5.41, 5.74) is 1.30. The van der Waals surface area contributed by atoms with E-state index in [0.717, 1.165) is 0 Å². The smallest absolute Gasteiger partial charge is 0.248 e. The molecule has 7 heteroatoms. The third-order valence-corrected chi connectivity index (χ3v) is 4.87.